The van der Waals surface area contributed by atoms with Gasteiger partial charge >= 0.3 is 17.9 Å². The summed E-state index contributed by atoms with van der Waals surface area (Å²) in [4.78, 5) is 37.6. The van der Waals surface area contributed by atoms with Crippen LogP contribution in [0.5, 0.6) is 0 Å². The summed E-state index contributed by atoms with van der Waals surface area (Å²) < 4.78 is 16.7. The Bertz CT molecular complexity index is 907. The van der Waals surface area contributed by atoms with Gasteiger partial charge in [0, 0.05) is 19.3 Å². The van der Waals surface area contributed by atoms with E-state index in [0.29, 0.717) is 19.3 Å². The molecule has 0 aliphatic rings. The molecule has 0 N–H and O–H groups in total. The fraction of sp³-hybridized carbons (Fsp3) is 0.809. The number of hydrogen-bond donors (Lipinski definition) is 0. The third-order valence-corrected chi connectivity index (χ3v) is 9.72. The van der Waals surface area contributed by atoms with Crippen LogP contribution in [0.3, 0.4) is 0 Å². The lowest BCUT2D eigenvalue weighted by atomic mass is 10.1. The van der Waals surface area contributed by atoms with E-state index < -0.39 is 6.10 Å². The lowest BCUT2D eigenvalue weighted by molar-refractivity contribution is -0.167. The van der Waals surface area contributed by atoms with E-state index in [-0.39, 0.29) is 31.1 Å². The lowest BCUT2D eigenvalue weighted by Crippen LogP contribution is -2.30. The normalized spacial score (nSPS) is 12.3. The number of carbonyl (C=O) groups excluding carboxylic acids is 3. The van der Waals surface area contributed by atoms with Crippen molar-refractivity contribution in [1.29, 1.82) is 0 Å². The molecule has 1 atom stereocenters. The van der Waals surface area contributed by atoms with Crippen LogP contribution in [0.25, 0.3) is 0 Å². The van der Waals surface area contributed by atoms with Crippen LogP contribution in [0.2, 0.25) is 0 Å². The number of carbonyl (C=O) groups is 3. The van der Waals surface area contributed by atoms with Gasteiger partial charge in [-0.2, -0.15) is 0 Å². The summed E-state index contributed by atoms with van der Waals surface area (Å²) in [5.74, 6) is -0.886. The zero-order valence-corrected chi connectivity index (χ0v) is 35.0. The molecule has 0 aromatic rings. The minimum absolute atomic E-state index is 0.0730. The number of esters is 3. The molecule has 0 aliphatic heterocycles. The van der Waals surface area contributed by atoms with E-state index in [9.17, 15) is 14.4 Å². The highest BCUT2D eigenvalue weighted by Crippen LogP contribution is 2.15. The first-order valence-electron chi connectivity index (χ1n) is 22.5. The maximum absolute atomic E-state index is 12.7. The number of ether oxygens (including phenoxy) is 3. The average Bonchev–Trinajstić information content (AvgIpc) is 3.15. The predicted molar refractivity (Wildman–Crippen MR) is 224 cm³/mol. The van der Waals surface area contributed by atoms with Crippen LogP contribution < -0.4 is 0 Å². The maximum atomic E-state index is 12.7. The van der Waals surface area contributed by atoms with Crippen molar-refractivity contribution >= 4 is 17.9 Å². The van der Waals surface area contributed by atoms with Crippen LogP contribution in [0.4, 0.5) is 0 Å². The van der Waals surface area contributed by atoms with Crippen molar-refractivity contribution in [3.05, 3.63) is 36.5 Å². The van der Waals surface area contributed by atoms with Gasteiger partial charge in [-0.05, 0) is 38.5 Å². The minimum atomic E-state index is -0.769. The molecule has 0 heterocycles. The van der Waals surface area contributed by atoms with Crippen LogP contribution in [0.1, 0.15) is 226 Å². The molecule has 308 valence electrons. The third-order valence-electron chi connectivity index (χ3n) is 9.72. The fourth-order valence-electron chi connectivity index (χ4n) is 6.32. The van der Waals surface area contributed by atoms with Crippen molar-refractivity contribution in [2.24, 2.45) is 0 Å². The topological polar surface area (TPSA) is 78.9 Å². The molecule has 0 aliphatic carbocycles. The molecule has 0 spiro atoms. The first-order valence-corrected chi connectivity index (χ1v) is 22.5. The van der Waals surface area contributed by atoms with Gasteiger partial charge in [0.15, 0.2) is 6.10 Å². The molecule has 0 aromatic carbocycles. The van der Waals surface area contributed by atoms with Crippen LogP contribution in [0, 0.1) is 0 Å². The smallest absolute Gasteiger partial charge is 0.306 e. The van der Waals surface area contributed by atoms with Crippen molar-refractivity contribution in [3.63, 3.8) is 0 Å². The van der Waals surface area contributed by atoms with E-state index in [2.05, 4.69) is 57.2 Å². The van der Waals surface area contributed by atoms with Gasteiger partial charge in [-0.3, -0.25) is 14.4 Å². The van der Waals surface area contributed by atoms with E-state index in [0.717, 1.165) is 70.6 Å². The van der Waals surface area contributed by atoms with E-state index in [1.165, 1.54) is 116 Å². The molecule has 6 nitrogen and oxygen atoms in total. The Morgan fingerprint density at radius 2 is 0.736 bits per heavy atom. The second-order valence-electron chi connectivity index (χ2n) is 15.0. The molecule has 0 saturated carbocycles. The Hall–Kier alpha value is -2.37. The molecular formula is C47H84O6. The number of rotatable bonds is 40. The van der Waals surface area contributed by atoms with Crippen molar-refractivity contribution < 1.29 is 28.6 Å². The first kappa shape index (κ1) is 50.6. The molecular weight excluding hydrogens is 661 g/mol. The minimum Gasteiger partial charge on any atom is -0.462 e. The Labute approximate surface area is 327 Å². The molecule has 6 heteroatoms. The predicted octanol–water partition coefficient (Wildman–Crippen LogP) is 14.2. The zero-order valence-electron chi connectivity index (χ0n) is 35.0. The Kier molecular flexibility index (Phi) is 40.5. The van der Waals surface area contributed by atoms with Crippen molar-refractivity contribution in [1.82, 2.24) is 0 Å². The van der Waals surface area contributed by atoms with Gasteiger partial charge in [-0.1, -0.05) is 205 Å². The maximum Gasteiger partial charge on any atom is 0.306 e. The molecule has 0 bridgehead atoms. The van der Waals surface area contributed by atoms with Gasteiger partial charge in [0.1, 0.15) is 13.2 Å². The molecule has 1 unspecified atom stereocenters. The summed E-state index contributed by atoms with van der Waals surface area (Å²) in [6, 6.07) is 0. The summed E-state index contributed by atoms with van der Waals surface area (Å²) in [5, 5.41) is 0. The van der Waals surface area contributed by atoms with Crippen LogP contribution >= 0.6 is 0 Å². The summed E-state index contributed by atoms with van der Waals surface area (Å²) in [7, 11) is 0. The van der Waals surface area contributed by atoms with Crippen LogP contribution in [0.15, 0.2) is 36.5 Å². The van der Waals surface area contributed by atoms with Crippen molar-refractivity contribution in [3.8, 4) is 0 Å². The number of hydrogen-bond acceptors (Lipinski definition) is 6. The monoisotopic (exact) mass is 745 g/mol. The largest absolute Gasteiger partial charge is 0.462 e. The SMILES string of the molecule is CC\C=C/C=C\C=C/CCCCCCCCCC(=O)OCC(COC(=O)CCCCCCCCCCCC)OC(=O)CCCCCCCCCCCC. The molecule has 0 amide bonds. The van der Waals surface area contributed by atoms with E-state index >= 15 is 0 Å². The quantitative estimate of drug-likeness (QED) is 0.0269. The molecule has 0 saturated heterocycles. The molecule has 0 aromatic heterocycles. The molecule has 0 radical (unpaired) electrons. The van der Waals surface area contributed by atoms with Gasteiger partial charge in [0.25, 0.3) is 0 Å². The summed E-state index contributed by atoms with van der Waals surface area (Å²) in [6.45, 7) is 6.47. The fourth-order valence-corrected chi connectivity index (χ4v) is 6.32. The summed E-state index contributed by atoms with van der Waals surface area (Å²) >= 11 is 0. The highest BCUT2D eigenvalue weighted by molar-refractivity contribution is 5.71. The highest BCUT2D eigenvalue weighted by Gasteiger charge is 2.19. The zero-order chi connectivity index (χ0) is 38.7. The lowest BCUT2D eigenvalue weighted by Gasteiger charge is -2.18. The first-order chi connectivity index (χ1) is 26.0. The van der Waals surface area contributed by atoms with Gasteiger partial charge in [0.05, 0.1) is 0 Å². The highest BCUT2D eigenvalue weighted by atomic mass is 16.6. The summed E-state index contributed by atoms with van der Waals surface area (Å²) in [6.07, 6.45) is 46.9. The Balaban J connectivity index is 4.34. The van der Waals surface area contributed by atoms with Gasteiger partial charge in [-0.25, -0.2) is 0 Å². The van der Waals surface area contributed by atoms with E-state index in [1.54, 1.807) is 0 Å². The molecule has 0 rings (SSSR count). The Morgan fingerprint density at radius 1 is 0.396 bits per heavy atom. The van der Waals surface area contributed by atoms with E-state index in [4.69, 9.17) is 14.2 Å². The van der Waals surface area contributed by atoms with Gasteiger partial charge in [-0.15, -0.1) is 0 Å². The average molecular weight is 745 g/mol. The third kappa shape index (κ3) is 40.6. The van der Waals surface area contributed by atoms with Crippen molar-refractivity contribution in [2.75, 3.05) is 13.2 Å². The van der Waals surface area contributed by atoms with Crippen LogP contribution in [-0.4, -0.2) is 37.2 Å². The van der Waals surface area contributed by atoms with Crippen LogP contribution in [-0.2, 0) is 28.6 Å². The van der Waals surface area contributed by atoms with Gasteiger partial charge < -0.3 is 14.2 Å². The second-order valence-corrected chi connectivity index (χ2v) is 15.0. The number of allylic oxidation sites excluding steroid dienone is 6. The standard InChI is InChI=1S/C47H84O6/c1-4-7-10-13-16-19-22-23-24-25-26-29-31-34-37-40-46(49)52-43-44(53-47(50)41-38-35-32-28-21-18-15-12-9-6-3)42-51-45(48)39-36-33-30-27-20-17-14-11-8-5-2/h7,10,13,16,19,22,44H,4-6,8-9,11-12,14-15,17-18,20-21,23-43H2,1-3H3/b10-7-,16-13-,22-19-. The summed E-state index contributed by atoms with van der Waals surface area (Å²) in [5.41, 5.74) is 0. The van der Waals surface area contributed by atoms with Crippen molar-refractivity contribution in [2.45, 2.75) is 232 Å². The number of unbranched alkanes of at least 4 members (excludes halogenated alkanes) is 25. The second kappa shape index (κ2) is 42.4. The van der Waals surface area contributed by atoms with Gasteiger partial charge in [0.2, 0.25) is 0 Å². The van der Waals surface area contributed by atoms with E-state index in [1.807, 2.05) is 0 Å². The Morgan fingerprint density at radius 3 is 1.13 bits per heavy atom. The molecule has 53 heavy (non-hydrogen) atoms. The molecule has 0 fully saturated rings.